The van der Waals surface area contributed by atoms with Crippen LogP contribution in [-0.2, 0) is 15.3 Å². The first-order valence-electron chi connectivity index (χ1n) is 6.85. The van der Waals surface area contributed by atoms with Crippen LogP contribution in [0.15, 0.2) is 24.3 Å². The highest BCUT2D eigenvalue weighted by molar-refractivity contribution is 6.67. The third kappa shape index (κ3) is 4.74. The van der Waals surface area contributed by atoms with Gasteiger partial charge in [0.2, 0.25) is 0 Å². The molecule has 0 heterocycles. The summed E-state index contributed by atoms with van der Waals surface area (Å²) in [4.78, 5) is 10.8. The van der Waals surface area contributed by atoms with Gasteiger partial charge in [-0.1, -0.05) is 26.0 Å². The molecule has 0 unspecified atom stereocenters. The number of benzene rings is 1. The van der Waals surface area contributed by atoms with Gasteiger partial charge in [0.1, 0.15) is 0 Å². The lowest BCUT2D eigenvalue weighted by atomic mass is 10.1. The molecule has 0 aliphatic rings. The van der Waals surface area contributed by atoms with Gasteiger partial charge in [0, 0.05) is 14.2 Å². The highest BCUT2D eigenvalue weighted by Crippen LogP contribution is 2.24. The molecule has 5 heteroatoms. The van der Waals surface area contributed by atoms with Crippen LogP contribution in [0.4, 0.5) is 0 Å². The number of rotatable bonds is 8. The quantitative estimate of drug-likeness (QED) is 0.748. The van der Waals surface area contributed by atoms with Crippen LogP contribution in [0, 0.1) is 5.92 Å². The van der Waals surface area contributed by atoms with E-state index in [1.807, 2.05) is 12.1 Å². The van der Waals surface area contributed by atoms with Crippen molar-refractivity contribution >= 4 is 14.5 Å². The van der Waals surface area contributed by atoms with Crippen LogP contribution < -0.4 is 0 Å². The molecule has 0 atom stereocenters. The second-order valence-electron chi connectivity index (χ2n) is 5.42. The van der Waals surface area contributed by atoms with E-state index in [4.69, 9.17) is 14.0 Å². The summed E-state index contributed by atoms with van der Waals surface area (Å²) in [5.41, 5.74) is 1.43. The molecule has 0 amide bonds. The molecule has 4 nitrogen and oxygen atoms in total. The first-order valence-corrected chi connectivity index (χ1v) is 9.08. The largest absolute Gasteiger partial charge is 0.478 e. The lowest BCUT2D eigenvalue weighted by molar-refractivity contribution is 0.0697. The monoisotopic (exact) mass is 296 g/mol. The number of carbonyl (C=O) groups is 1. The zero-order valence-corrected chi connectivity index (χ0v) is 13.7. The Labute approximate surface area is 122 Å². The van der Waals surface area contributed by atoms with E-state index in [2.05, 4.69) is 13.8 Å². The highest BCUT2D eigenvalue weighted by atomic mass is 28.4. The third-order valence-electron chi connectivity index (χ3n) is 3.46. The summed E-state index contributed by atoms with van der Waals surface area (Å²) >= 11 is 0. The zero-order valence-electron chi connectivity index (χ0n) is 12.7. The van der Waals surface area contributed by atoms with E-state index in [-0.39, 0.29) is 0 Å². The van der Waals surface area contributed by atoms with E-state index >= 15 is 0 Å². The molecule has 1 N–H and O–H groups in total. The Morgan fingerprint density at radius 2 is 1.75 bits per heavy atom. The molecular formula is C15H24O4Si. The lowest BCUT2D eigenvalue weighted by Crippen LogP contribution is -2.41. The van der Waals surface area contributed by atoms with Crippen molar-refractivity contribution in [2.75, 3.05) is 14.2 Å². The summed E-state index contributed by atoms with van der Waals surface area (Å²) in [6.07, 6.45) is 0.848. The summed E-state index contributed by atoms with van der Waals surface area (Å²) in [6.45, 7) is 4.34. The van der Waals surface area contributed by atoms with Crippen molar-refractivity contribution in [3.63, 3.8) is 0 Å². The van der Waals surface area contributed by atoms with Crippen molar-refractivity contribution in [3.8, 4) is 0 Å². The Bertz CT molecular complexity index is 424. The maximum absolute atomic E-state index is 10.8. The summed E-state index contributed by atoms with van der Waals surface area (Å²) < 4.78 is 11.4. The standard InChI is InChI=1S/C15H24O4Si/c1-12(2)11-20(18-3,19-4)10-9-13-5-7-14(8-6-13)15(16)17/h5-8,12H,9-11H2,1-4H3,(H,16,17). The molecule has 0 spiro atoms. The maximum Gasteiger partial charge on any atom is 0.338 e. The maximum atomic E-state index is 10.8. The van der Waals surface area contributed by atoms with E-state index in [0.29, 0.717) is 11.5 Å². The number of carboxylic acids is 1. The predicted molar refractivity (Wildman–Crippen MR) is 81.3 cm³/mol. The predicted octanol–water partition coefficient (Wildman–Crippen LogP) is 3.32. The normalized spacial score (nSPS) is 11.8. The summed E-state index contributed by atoms with van der Waals surface area (Å²) in [5, 5.41) is 8.88. The van der Waals surface area contributed by atoms with Crippen molar-refractivity contribution in [1.82, 2.24) is 0 Å². The van der Waals surface area contributed by atoms with Gasteiger partial charge in [0.25, 0.3) is 0 Å². The molecule has 0 fully saturated rings. The van der Waals surface area contributed by atoms with Gasteiger partial charge < -0.3 is 14.0 Å². The van der Waals surface area contributed by atoms with Crippen molar-refractivity contribution < 1.29 is 18.8 Å². The molecule has 0 aliphatic carbocycles. The van der Waals surface area contributed by atoms with Gasteiger partial charge in [-0.2, -0.15) is 0 Å². The molecule has 0 saturated heterocycles. The molecule has 1 aromatic carbocycles. The van der Waals surface area contributed by atoms with Gasteiger partial charge in [-0.3, -0.25) is 0 Å². The molecule has 0 radical (unpaired) electrons. The van der Waals surface area contributed by atoms with Crippen LogP contribution in [0.1, 0.15) is 29.8 Å². The van der Waals surface area contributed by atoms with Crippen molar-refractivity contribution in [1.29, 1.82) is 0 Å². The van der Waals surface area contributed by atoms with Gasteiger partial charge in [0.15, 0.2) is 0 Å². The average molecular weight is 296 g/mol. The Kier molecular flexibility index (Phi) is 6.39. The molecule has 0 saturated carbocycles. The molecule has 112 valence electrons. The minimum Gasteiger partial charge on any atom is -0.478 e. The Hall–Kier alpha value is -1.17. The fourth-order valence-corrected chi connectivity index (χ4v) is 5.35. The smallest absolute Gasteiger partial charge is 0.338 e. The molecular weight excluding hydrogens is 272 g/mol. The second-order valence-corrected chi connectivity index (χ2v) is 8.97. The highest BCUT2D eigenvalue weighted by Gasteiger charge is 2.35. The molecule has 1 rings (SSSR count). The zero-order chi connectivity index (χ0) is 15.2. The Balaban J connectivity index is 2.69. The first-order chi connectivity index (χ1) is 9.42. The minimum absolute atomic E-state index is 0.318. The van der Waals surface area contributed by atoms with Crippen molar-refractivity contribution in [2.24, 2.45) is 5.92 Å². The van der Waals surface area contributed by atoms with Crippen LogP contribution in [0.25, 0.3) is 0 Å². The third-order valence-corrected chi connectivity index (χ3v) is 7.40. The second kappa shape index (κ2) is 7.57. The van der Waals surface area contributed by atoms with Crippen LogP contribution in [0.2, 0.25) is 12.1 Å². The molecule has 0 aliphatic heterocycles. The van der Waals surface area contributed by atoms with Crippen LogP contribution in [0.5, 0.6) is 0 Å². The summed E-state index contributed by atoms with van der Waals surface area (Å²) in [7, 11) is 1.31. The Morgan fingerprint density at radius 1 is 1.20 bits per heavy atom. The topological polar surface area (TPSA) is 55.8 Å². The van der Waals surface area contributed by atoms with Crippen LogP contribution in [0.3, 0.4) is 0 Å². The summed E-state index contributed by atoms with van der Waals surface area (Å²) in [5.74, 6) is -0.357. The van der Waals surface area contributed by atoms with Crippen LogP contribution >= 0.6 is 0 Å². The van der Waals surface area contributed by atoms with Crippen LogP contribution in [-0.4, -0.2) is 33.9 Å². The SMILES string of the molecule is CO[Si](CCc1ccc(C(=O)O)cc1)(CC(C)C)OC. The van der Waals surface area contributed by atoms with E-state index < -0.39 is 14.5 Å². The van der Waals surface area contributed by atoms with Gasteiger partial charge >= 0.3 is 14.5 Å². The van der Waals surface area contributed by atoms with E-state index in [1.165, 1.54) is 0 Å². The van der Waals surface area contributed by atoms with E-state index in [0.717, 1.165) is 24.1 Å². The number of aromatic carboxylic acids is 1. The fourth-order valence-electron chi connectivity index (χ4n) is 2.33. The fraction of sp³-hybridized carbons (Fsp3) is 0.533. The molecule has 1 aromatic rings. The molecule has 0 aromatic heterocycles. The van der Waals surface area contributed by atoms with E-state index in [1.54, 1.807) is 26.4 Å². The minimum atomic E-state index is -2.14. The van der Waals surface area contributed by atoms with Gasteiger partial charge in [-0.25, -0.2) is 4.79 Å². The van der Waals surface area contributed by atoms with Crippen molar-refractivity contribution in [3.05, 3.63) is 35.4 Å². The number of carboxylic acid groups (broad SMARTS) is 1. The first kappa shape index (κ1) is 16.9. The van der Waals surface area contributed by atoms with Gasteiger partial charge in [-0.05, 0) is 42.1 Å². The number of aryl methyl sites for hydroxylation is 1. The molecule has 20 heavy (non-hydrogen) atoms. The Morgan fingerprint density at radius 3 is 2.15 bits per heavy atom. The van der Waals surface area contributed by atoms with Gasteiger partial charge in [0.05, 0.1) is 5.56 Å². The summed E-state index contributed by atoms with van der Waals surface area (Å²) in [6, 6.07) is 8.86. The molecule has 0 bridgehead atoms. The number of hydrogen-bond donors (Lipinski definition) is 1. The number of hydrogen-bond acceptors (Lipinski definition) is 3. The van der Waals surface area contributed by atoms with Gasteiger partial charge in [-0.15, -0.1) is 0 Å². The lowest BCUT2D eigenvalue weighted by Gasteiger charge is -2.29. The average Bonchev–Trinajstić information content (AvgIpc) is 2.43. The van der Waals surface area contributed by atoms with Crippen molar-refractivity contribution in [2.45, 2.75) is 32.4 Å². The van der Waals surface area contributed by atoms with E-state index in [9.17, 15) is 4.79 Å².